The van der Waals surface area contributed by atoms with E-state index in [0.717, 1.165) is 9.75 Å². The lowest BCUT2D eigenvalue weighted by atomic mass is 10.2. The third-order valence-corrected chi connectivity index (χ3v) is 4.98. The van der Waals surface area contributed by atoms with Crippen molar-refractivity contribution in [1.82, 2.24) is 0 Å². The molecular weight excluding hydrogens is 396 g/mol. The summed E-state index contributed by atoms with van der Waals surface area (Å²) in [7, 11) is 0. The van der Waals surface area contributed by atoms with Gasteiger partial charge in [-0.25, -0.2) is 9.59 Å². The number of esters is 2. The molecule has 0 amide bonds. The number of hydrogen-bond acceptors (Lipinski definition) is 8. The molecule has 2 heterocycles. The first kappa shape index (κ1) is 21.1. The zero-order valence-electron chi connectivity index (χ0n) is 14.8. The van der Waals surface area contributed by atoms with Crippen LogP contribution < -0.4 is 0 Å². The molecular formula is C20H16N2O4S2. The number of thiophene rings is 2. The fraction of sp³-hybridized carbons (Fsp3) is 0.200. The highest BCUT2D eigenvalue weighted by atomic mass is 32.1. The first-order valence-electron chi connectivity index (χ1n) is 8.29. The second-order valence-electron chi connectivity index (χ2n) is 5.35. The molecule has 0 saturated heterocycles. The fourth-order valence-electron chi connectivity index (χ4n) is 1.99. The van der Waals surface area contributed by atoms with Crippen LogP contribution in [0.15, 0.2) is 46.2 Å². The summed E-state index contributed by atoms with van der Waals surface area (Å²) in [5.41, 5.74) is -0.127. The first-order chi connectivity index (χ1) is 13.6. The van der Waals surface area contributed by atoms with Gasteiger partial charge < -0.3 is 9.47 Å². The van der Waals surface area contributed by atoms with Gasteiger partial charge in [-0.15, -0.1) is 22.7 Å². The Balaban J connectivity index is 1.69. The molecule has 0 spiro atoms. The average molecular weight is 412 g/mol. The normalized spacial score (nSPS) is 11.4. The van der Waals surface area contributed by atoms with Crippen molar-refractivity contribution >= 4 is 46.8 Å². The van der Waals surface area contributed by atoms with Crippen molar-refractivity contribution in [2.45, 2.75) is 12.8 Å². The third kappa shape index (κ3) is 6.84. The van der Waals surface area contributed by atoms with E-state index in [9.17, 15) is 9.59 Å². The highest BCUT2D eigenvalue weighted by molar-refractivity contribution is 7.11. The molecule has 0 saturated carbocycles. The Labute approximate surface area is 170 Å². The summed E-state index contributed by atoms with van der Waals surface area (Å²) in [6, 6.07) is 10.9. The molecule has 0 atom stereocenters. The van der Waals surface area contributed by atoms with Crippen molar-refractivity contribution in [3.63, 3.8) is 0 Å². The lowest BCUT2D eigenvalue weighted by Crippen LogP contribution is -2.10. The number of hydrogen-bond donors (Lipinski definition) is 0. The summed E-state index contributed by atoms with van der Waals surface area (Å²) >= 11 is 2.83. The van der Waals surface area contributed by atoms with Crippen LogP contribution in [0.2, 0.25) is 0 Å². The number of nitriles is 2. The maximum Gasteiger partial charge on any atom is 0.348 e. The van der Waals surface area contributed by atoms with Crippen LogP contribution >= 0.6 is 22.7 Å². The molecule has 2 aromatic rings. The molecule has 0 bridgehead atoms. The molecule has 6 nitrogen and oxygen atoms in total. The number of carbonyl (C=O) groups excluding carboxylic acids is 2. The average Bonchev–Trinajstić information content (AvgIpc) is 3.40. The van der Waals surface area contributed by atoms with Gasteiger partial charge in [0.1, 0.15) is 23.3 Å². The van der Waals surface area contributed by atoms with E-state index in [4.69, 9.17) is 20.0 Å². The van der Waals surface area contributed by atoms with E-state index in [2.05, 4.69) is 0 Å². The highest BCUT2D eigenvalue weighted by Gasteiger charge is 2.12. The molecule has 28 heavy (non-hydrogen) atoms. The fourth-order valence-corrected chi connectivity index (χ4v) is 3.31. The van der Waals surface area contributed by atoms with Crippen LogP contribution in [0.1, 0.15) is 22.6 Å². The van der Waals surface area contributed by atoms with Crippen LogP contribution in [0.4, 0.5) is 0 Å². The molecule has 0 N–H and O–H groups in total. The maximum atomic E-state index is 11.9. The Morgan fingerprint density at radius 3 is 1.61 bits per heavy atom. The minimum Gasteiger partial charge on any atom is -0.462 e. The van der Waals surface area contributed by atoms with Crippen LogP contribution in [-0.4, -0.2) is 25.2 Å². The molecule has 8 heteroatoms. The number of ether oxygens (including phenoxy) is 2. The smallest absolute Gasteiger partial charge is 0.348 e. The van der Waals surface area contributed by atoms with E-state index in [1.165, 1.54) is 34.8 Å². The van der Waals surface area contributed by atoms with Gasteiger partial charge in [0.25, 0.3) is 0 Å². The first-order valence-corrected chi connectivity index (χ1v) is 10.0. The summed E-state index contributed by atoms with van der Waals surface area (Å²) in [5.74, 6) is -1.36. The number of rotatable bonds is 9. The molecule has 0 aliphatic rings. The number of unbranched alkanes of at least 4 members (excludes halogenated alkanes) is 1. The van der Waals surface area contributed by atoms with Crippen molar-refractivity contribution in [2.75, 3.05) is 13.2 Å². The van der Waals surface area contributed by atoms with E-state index in [0.29, 0.717) is 12.8 Å². The second-order valence-corrected chi connectivity index (χ2v) is 7.31. The lowest BCUT2D eigenvalue weighted by Gasteiger charge is -2.05. The lowest BCUT2D eigenvalue weighted by molar-refractivity contribution is -0.140. The van der Waals surface area contributed by atoms with Crippen LogP contribution in [-0.2, 0) is 19.1 Å². The molecule has 0 unspecified atom stereocenters. The summed E-state index contributed by atoms with van der Waals surface area (Å²) < 4.78 is 10.1. The SMILES string of the molecule is N#C/C(=C\c1cccs1)C(=O)OCCCCOC(=O)/C(C#N)=C/c1cccs1. The summed E-state index contributed by atoms with van der Waals surface area (Å²) in [4.78, 5) is 25.4. The topological polar surface area (TPSA) is 100 Å². The van der Waals surface area contributed by atoms with Gasteiger partial charge in [-0.2, -0.15) is 10.5 Å². The molecule has 0 radical (unpaired) electrons. The van der Waals surface area contributed by atoms with Gasteiger partial charge in [0, 0.05) is 9.75 Å². The van der Waals surface area contributed by atoms with Crippen molar-refractivity contribution in [2.24, 2.45) is 0 Å². The van der Waals surface area contributed by atoms with E-state index in [-0.39, 0.29) is 24.4 Å². The minimum absolute atomic E-state index is 0.0637. The van der Waals surface area contributed by atoms with Gasteiger partial charge in [0.15, 0.2) is 0 Å². The van der Waals surface area contributed by atoms with Crippen LogP contribution in [0.3, 0.4) is 0 Å². The zero-order chi connectivity index (χ0) is 20.2. The van der Waals surface area contributed by atoms with Gasteiger partial charge >= 0.3 is 11.9 Å². The Morgan fingerprint density at radius 2 is 1.29 bits per heavy atom. The van der Waals surface area contributed by atoms with Gasteiger partial charge in [-0.1, -0.05) is 12.1 Å². The largest absolute Gasteiger partial charge is 0.462 e. The van der Waals surface area contributed by atoms with E-state index in [1.54, 1.807) is 12.1 Å². The standard InChI is InChI=1S/C20H16N2O4S2/c21-13-15(11-17-5-3-9-27-17)19(23)25-7-1-2-8-26-20(24)16(14-22)12-18-6-4-10-28-18/h3-6,9-12H,1-2,7-8H2/b15-11+,16-12+. The van der Waals surface area contributed by atoms with E-state index < -0.39 is 11.9 Å². The molecule has 2 rings (SSSR count). The molecule has 0 aliphatic heterocycles. The predicted octanol–water partition coefficient (Wildman–Crippen LogP) is 4.19. The summed E-state index contributed by atoms with van der Waals surface area (Å²) in [5, 5.41) is 21.8. The zero-order valence-corrected chi connectivity index (χ0v) is 16.4. The molecule has 0 aromatic carbocycles. The Bertz CT molecular complexity index is 852. The van der Waals surface area contributed by atoms with E-state index >= 15 is 0 Å². The quantitative estimate of drug-likeness (QED) is 0.265. The second kappa shape index (κ2) is 11.5. The van der Waals surface area contributed by atoms with Crippen molar-refractivity contribution in [3.05, 3.63) is 55.9 Å². The monoisotopic (exact) mass is 412 g/mol. The summed E-state index contributed by atoms with van der Waals surface area (Å²) in [6.45, 7) is 0.214. The van der Waals surface area contributed by atoms with Gasteiger partial charge in [0.05, 0.1) is 13.2 Å². The minimum atomic E-state index is -0.682. The van der Waals surface area contributed by atoms with Crippen molar-refractivity contribution in [1.29, 1.82) is 10.5 Å². The molecule has 2 aromatic heterocycles. The third-order valence-electron chi connectivity index (χ3n) is 3.35. The van der Waals surface area contributed by atoms with Crippen LogP contribution in [0, 0.1) is 22.7 Å². The Kier molecular flexibility index (Phi) is 8.67. The summed E-state index contributed by atoms with van der Waals surface area (Å²) in [6.07, 6.45) is 3.90. The van der Waals surface area contributed by atoms with Gasteiger partial charge in [0.2, 0.25) is 0 Å². The van der Waals surface area contributed by atoms with Gasteiger partial charge in [-0.05, 0) is 47.9 Å². The van der Waals surface area contributed by atoms with Crippen LogP contribution in [0.25, 0.3) is 12.2 Å². The van der Waals surface area contributed by atoms with Crippen molar-refractivity contribution in [3.8, 4) is 12.1 Å². The highest BCUT2D eigenvalue weighted by Crippen LogP contribution is 2.15. The maximum absolute atomic E-state index is 11.9. The molecule has 0 aliphatic carbocycles. The van der Waals surface area contributed by atoms with Crippen molar-refractivity contribution < 1.29 is 19.1 Å². The van der Waals surface area contributed by atoms with Crippen LogP contribution in [0.5, 0.6) is 0 Å². The predicted molar refractivity (Wildman–Crippen MR) is 107 cm³/mol. The molecule has 0 fully saturated rings. The van der Waals surface area contributed by atoms with Gasteiger partial charge in [-0.3, -0.25) is 0 Å². The van der Waals surface area contributed by atoms with E-state index in [1.807, 2.05) is 35.0 Å². The number of carbonyl (C=O) groups is 2. The Hall–Kier alpha value is -3.20. The number of nitrogens with zero attached hydrogens (tertiary/aromatic N) is 2. The Morgan fingerprint density at radius 1 is 0.857 bits per heavy atom. The molecule has 142 valence electrons.